The van der Waals surface area contributed by atoms with Crippen LogP contribution in [0.15, 0.2) is 76.5 Å². The Balaban J connectivity index is 1.45. The molecular formula is C24H22N2O7. The number of hydrogen-bond donors (Lipinski definition) is 2. The smallest absolute Gasteiger partial charge is 0.344 e. The van der Waals surface area contributed by atoms with Crippen molar-refractivity contribution in [3.05, 3.63) is 77.9 Å². The standard InChI is InChI=1S/C24H22N2O7/c1-2-30-23(28)21-18(25-24(29)26-22(21)19-8-5-11-31-19)13-33-20(27)14-32-17-10-9-15-6-3-4-7-16(15)12-17/h3-12,22H,2,13-14H2,1H3,(H2,25,26,29). The number of benzene rings is 2. The minimum Gasteiger partial charge on any atom is -0.482 e. The Morgan fingerprint density at radius 2 is 1.85 bits per heavy atom. The van der Waals surface area contributed by atoms with Crippen molar-refractivity contribution in [3.8, 4) is 5.75 Å². The largest absolute Gasteiger partial charge is 0.482 e. The maximum atomic E-state index is 12.6. The van der Waals surface area contributed by atoms with Gasteiger partial charge in [0.05, 0.1) is 24.1 Å². The third kappa shape index (κ3) is 5.15. The average molecular weight is 450 g/mol. The Bertz CT molecular complexity index is 1200. The molecule has 33 heavy (non-hydrogen) atoms. The molecule has 1 aromatic heterocycles. The van der Waals surface area contributed by atoms with Gasteiger partial charge in [0.2, 0.25) is 0 Å². The molecule has 0 bridgehead atoms. The number of rotatable bonds is 8. The van der Waals surface area contributed by atoms with Crippen LogP contribution < -0.4 is 15.4 Å². The van der Waals surface area contributed by atoms with Crippen molar-refractivity contribution in [1.29, 1.82) is 0 Å². The molecule has 9 heteroatoms. The van der Waals surface area contributed by atoms with Crippen LogP contribution in [0.5, 0.6) is 5.75 Å². The Kier molecular flexibility index (Phi) is 6.58. The summed E-state index contributed by atoms with van der Waals surface area (Å²) in [4.78, 5) is 37.0. The topological polar surface area (TPSA) is 116 Å². The van der Waals surface area contributed by atoms with Gasteiger partial charge in [0.1, 0.15) is 24.2 Å². The highest BCUT2D eigenvalue weighted by Gasteiger charge is 2.35. The second-order valence-electron chi connectivity index (χ2n) is 7.12. The molecule has 2 amide bonds. The molecule has 0 aliphatic carbocycles. The zero-order valence-electron chi connectivity index (χ0n) is 17.8. The van der Waals surface area contributed by atoms with E-state index in [1.165, 1.54) is 6.26 Å². The van der Waals surface area contributed by atoms with E-state index in [2.05, 4.69) is 10.6 Å². The van der Waals surface area contributed by atoms with Crippen LogP contribution in [0.4, 0.5) is 4.79 Å². The summed E-state index contributed by atoms with van der Waals surface area (Å²) in [5, 5.41) is 7.17. The lowest BCUT2D eigenvalue weighted by Gasteiger charge is -2.27. The number of esters is 2. The molecule has 1 atom stereocenters. The van der Waals surface area contributed by atoms with Crippen molar-refractivity contribution >= 4 is 28.7 Å². The molecule has 0 radical (unpaired) electrons. The normalized spacial score (nSPS) is 15.5. The summed E-state index contributed by atoms with van der Waals surface area (Å²) in [7, 11) is 0. The number of fused-ring (bicyclic) bond motifs is 1. The number of hydrogen-bond acceptors (Lipinski definition) is 7. The molecule has 0 saturated heterocycles. The van der Waals surface area contributed by atoms with Gasteiger partial charge in [-0.05, 0) is 42.0 Å². The number of carbonyl (C=O) groups excluding carboxylic acids is 3. The van der Waals surface area contributed by atoms with Gasteiger partial charge >= 0.3 is 18.0 Å². The second-order valence-corrected chi connectivity index (χ2v) is 7.12. The van der Waals surface area contributed by atoms with E-state index in [4.69, 9.17) is 18.6 Å². The van der Waals surface area contributed by atoms with Crippen LogP contribution in [-0.2, 0) is 19.1 Å². The Morgan fingerprint density at radius 3 is 2.61 bits per heavy atom. The molecule has 0 saturated carbocycles. The number of urea groups is 1. The fraction of sp³-hybridized carbons (Fsp3) is 0.208. The van der Waals surface area contributed by atoms with Gasteiger partial charge in [-0.1, -0.05) is 30.3 Å². The zero-order valence-corrected chi connectivity index (χ0v) is 17.8. The van der Waals surface area contributed by atoms with E-state index in [0.717, 1.165) is 10.8 Å². The highest BCUT2D eigenvalue weighted by molar-refractivity contribution is 5.95. The maximum absolute atomic E-state index is 12.6. The summed E-state index contributed by atoms with van der Waals surface area (Å²) in [6, 6.07) is 15.1. The van der Waals surface area contributed by atoms with Crippen LogP contribution in [0.3, 0.4) is 0 Å². The molecule has 0 spiro atoms. The van der Waals surface area contributed by atoms with Gasteiger partial charge in [0.15, 0.2) is 6.61 Å². The highest BCUT2D eigenvalue weighted by Crippen LogP contribution is 2.28. The third-order valence-electron chi connectivity index (χ3n) is 4.93. The number of furan rings is 1. The van der Waals surface area contributed by atoms with Gasteiger partial charge < -0.3 is 29.3 Å². The van der Waals surface area contributed by atoms with Gasteiger partial charge in [-0.15, -0.1) is 0 Å². The lowest BCUT2D eigenvalue weighted by molar-refractivity contribution is -0.145. The highest BCUT2D eigenvalue weighted by atomic mass is 16.6. The molecule has 170 valence electrons. The zero-order chi connectivity index (χ0) is 23.2. The summed E-state index contributed by atoms with van der Waals surface area (Å²) in [5.74, 6) is -0.465. The van der Waals surface area contributed by atoms with Crippen LogP contribution in [0.25, 0.3) is 10.8 Å². The first kappa shape index (κ1) is 21.9. The fourth-order valence-electron chi connectivity index (χ4n) is 3.44. The van der Waals surface area contributed by atoms with Gasteiger partial charge in [-0.3, -0.25) is 0 Å². The van der Waals surface area contributed by atoms with Crippen LogP contribution in [-0.4, -0.2) is 37.8 Å². The lowest BCUT2D eigenvalue weighted by atomic mass is 10.0. The first-order chi connectivity index (χ1) is 16.0. The van der Waals surface area contributed by atoms with Gasteiger partial charge in [-0.25, -0.2) is 14.4 Å². The SMILES string of the molecule is CCOC(=O)C1=C(COC(=O)COc2ccc3ccccc3c2)NC(=O)NC1c1ccco1. The Labute approximate surface area is 189 Å². The minimum absolute atomic E-state index is 0.0923. The van der Waals surface area contributed by atoms with E-state index in [1.54, 1.807) is 25.1 Å². The van der Waals surface area contributed by atoms with Crippen molar-refractivity contribution in [2.24, 2.45) is 0 Å². The van der Waals surface area contributed by atoms with Gasteiger partial charge in [-0.2, -0.15) is 0 Å². The van der Waals surface area contributed by atoms with E-state index < -0.39 is 24.0 Å². The number of amides is 2. The van der Waals surface area contributed by atoms with E-state index in [9.17, 15) is 14.4 Å². The molecule has 2 heterocycles. The lowest BCUT2D eigenvalue weighted by Crippen LogP contribution is -2.47. The summed E-state index contributed by atoms with van der Waals surface area (Å²) in [6.45, 7) is 1.11. The Morgan fingerprint density at radius 1 is 1.03 bits per heavy atom. The molecule has 1 aliphatic rings. The van der Waals surface area contributed by atoms with Crippen LogP contribution in [0.2, 0.25) is 0 Å². The Hall–Kier alpha value is -4.27. The minimum atomic E-state index is -0.879. The quantitative estimate of drug-likeness (QED) is 0.506. The first-order valence-corrected chi connectivity index (χ1v) is 10.3. The maximum Gasteiger partial charge on any atom is 0.344 e. The molecule has 4 rings (SSSR count). The summed E-state index contributed by atoms with van der Waals surface area (Å²) < 4.78 is 21.3. The molecule has 9 nitrogen and oxygen atoms in total. The number of nitrogens with one attached hydrogen (secondary N) is 2. The van der Waals surface area contributed by atoms with Crippen LogP contribution in [0, 0.1) is 0 Å². The average Bonchev–Trinajstić information content (AvgIpc) is 3.36. The van der Waals surface area contributed by atoms with Crippen molar-refractivity contribution in [2.45, 2.75) is 13.0 Å². The number of carbonyl (C=O) groups is 3. The monoisotopic (exact) mass is 450 g/mol. The molecule has 2 aromatic carbocycles. The van der Waals surface area contributed by atoms with Gasteiger partial charge in [0, 0.05) is 0 Å². The van der Waals surface area contributed by atoms with Gasteiger partial charge in [0.25, 0.3) is 0 Å². The predicted molar refractivity (Wildman–Crippen MR) is 117 cm³/mol. The van der Waals surface area contributed by atoms with E-state index in [0.29, 0.717) is 11.5 Å². The summed E-state index contributed by atoms with van der Waals surface area (Å²) in [5.41, 5.74) is 0.201. The molecule has 1 aliphatic heterocycles. The number of ether oxygens (including phenoxy) is 3. The predicted octanol–water partition coefficient (Wildman–Crippen LogP) is 3.23. The third-order valence-corrected chi connectivity index (χ3v) is 4.93. The van der Waals surface area contributed by atoms with E-state index in [-0.39, 0.29) is 31.1 Å². The molecular weight excluding hydrogens is 428 g/mol. The first-order valence-electron chi connectivity index (χ1n) is 10.3. The van der Waals surface area contributed by atoms with Crippen LogP contribution in [0.1, 0.15) is 18.7 Å². The van der Waals surface area contributed by atoms with Crippen molar-refractivity contribution in [1.82, 2.24) is 10.6 Å². The van der Waals surface area contributed by atoms with Crippen molar-refractivity contribution < 1.29 is 33.0 Å². The van der Waals surface area contributed by atoms with E-state index in [1.807, 2.05) is 36.4 Å². The molecule has 3 aromatic rings. The van der Waals surface area contributed by atoms with E-state index >= 15 is 0 Å². The van der Waals surface area contributed by atoms with Crippen molar-refractivity contribution in [2.75, 3.05) is 19.8 Å². The fourth-order valence-corrected chi connectivity index (χ4v) is 3.44. The summed E-state index contributed by atoms with van der Waals surface area (Å²) in [6.07, 6.45) is 1.43. The second kappa shape index (κ2) is 9.90. The molecule has 1 unspecified atom stereocenters. The molecule has 0 fully saturated rings. The molecule has 2 N–H and O–H groups in total. The summed E-state index contributed by atoms with van der Waals surface area (Å²) >= 11 is 0. The van der Waals surface area contributed by atoms with Crippen molar-refractivity contribution in [3.63, 3.8) is 0 Å². The van der Waals surface area contributed by atoms with Crippen LogP contribution >= 0.6 is 0 Å².